The van der Waals surface area contributed by atoms with Crippen LogP contribution < -0.4 is 5.32 Å². The normalized spacial score (nSPS) is 10.8. The van der Waals surface area contributed by atoms with Crippen molar-refractivity contribution in [2.24, 2.45) is 7.05 Å². The number of para-hydroxylation sites is 1. The fourth-order valence-electron chi connectivity index (χ4n) is 2.74. The van der Waals surface area contributed by atoms with Crippen LogP contribution in [0, 0.1) is 13.8 Å². The highest BCUT2D eigenvalue weighted by Gasteiger charge is 2.23. The van der Waals surface area contributed by atoms with Gasteiger partial charge in [0.1, 0.15) is 0 Å². The fraction of sp³-hybridized carbons (Fsp3) is 0.263. The van der Waals surface area contributed by atoms with E-state index < -0.39 is 0 Å². The van der Waals surface area contributed by atoms with Gasteiger partial charge in [0.25, 0.3) is 11.8 Å². The van der Waals surface area contributed by atoms with E-state index in [9.17, 15) is 9.59 Å². The van der Waals surface area contributed by atoms with Crippen LogP contribution in [-0.2, 0) is 7.05 Å². The van der Waals surface area contributed by atoms with Gasteiger partial charge in [-0.2, -0.15) is 5.10 Å². The Hall–Kier alpha value is -3.22. The Labute approximate surface area is 151 Å². The summed E-state index contributed by atoms with van der Waals surface area (Å²) in [5.41, 5.74) is 3.27. The molecule has 7 nitrogen and oxygen atoms in total. The minimum Gasteiger partial charge on any atom is -0.343 e. The first-order valence-electron chi connectivity index (χ1n) is 8.22. The summed E-state index contributed by atoms with van der Waals surface area (Å²) < 4.78 is 1.58. The third-order valence-electron chi connectivity index (χ3n) is 4.34. The van der Waals surface area contributed by atoms with Crippen molar-refractivity contribution in [3.8, 4) is 0 Å². The lowest BCUT2D eigenvalue weighted by Gasteiger charge is -2.12. The van der Waals surface area contributed by atoms with E-state index in [0.717, 1.165) is 10.9 Å². The topological polar surface area (TPSA) is 80.1 Å². The Kier molecular flexibility index (Phi) is 4.46. The molecule has 0 saturated heterocycles. The van der Waals surface area contributed by atoms with Gasteiger partial charge >= 0.3 is 0 Å². The second-order valence-electron chi connectivity index (χ2n) is 6.40. The predicted molar refractivity (Wildman–Crippen MR) is 100 cm³/mol. The summed E-state index contributed by atoms with van der Waals surface area (Å²) in [4.78, 5) is 31.2. The first-order valence-corrected chi connectivity index (χ1v) is 8.22. The highest BCUT2D eigenvalue weighted by atomic mass is 16.2. The van der Waals surface area contributed by atoms with Gasteiger partial charge in [0, 0.05) is 26.5 Å². The van der Waals surface area contributed by atoms with Crippen molar-refractivity contribution in [2.45, 2.75) is 13.8 Å². The van der Waals surface area contributed by atoms with Crippen LogP contribution in [0.3, 0.4) is 0 Å². The van der Waals surface area contributed by atoms with Gasteiger partial charge in [-0.3, -0.25) is 19.3 Å². The van der Waals surface area contributed by atoms with Crippen LogP contribution in [0.1, 0.15) is 32.2 Å². The lowest BCUT2D eigenvalue weighted by molar-refractivity contribution is 0.0822. The Bertz CT molecular complexity index is 1020. The third kappa shape index (κ3) is 3.03. The van der Waals surface area contributed by atoms with Crippen molar-refractivity contribution in [1.82, 2.24) is 19.7 Å². The molecule has 7 heteroatoms. The van der Waals surface area contributed by atoms with Crippen LogP contribution >= 0.6 is 0 Å². The molecule has 0 aliphatic carbocycles. The molecule has 3 aromatic rings. The van der Waals surface area contributed by atoms with Crippen LogP contribution in [0.5, 0.6) is 0 Å². The van der Waals surface area contributed by atoms with Gasteiger partial charge in [-0.05, 0) is 26.0 Å². The van der Waals surface area contributed by atoms with E-state index in [0.29, 0.717) is 22.6 Å². The fourth-order valence-corrected chi connectivity index (χ4v) is 2.74. The molecule has 0 unspecified atom stereocenters. The third-order valence-corrected chi connectivity index (χ3v) is 4.34. The van der Waals surface area contributed by atoms with E-state index in [2.05, 4.69) is 15.4 Å². The number of aryl methyl sites for hydroxylation is 2. The number of pyridine rings is 1. The van der Waals surface area contributed by atoms with Crippen LogP contribution in [-0.4, -0.2) is 45.6 Å². The summed E-state index contributed by atoms with van der Waals surface area (Å²) in [6.45, 7) is 3.60. The van der Waals surface area contributed by atoms with Crippen molar-refractivity contribution >= 4 is 28.4 Å². The maximum absolute atomic E-state index is 12.9. The largest absolute Gasteiger partial charge is 0.343 e. The Morgan fingerprint density at radius 2 is 1.85 bits per heavy atom. The lowest BCUT2D eigenvalue weighted by Crippen LogP contribution is -2.24. The van der Waals surface area contributed by atoms with Crippen LogP contribution in [0.15, 0.2) is 30.3 Å². The second kappa shape index (κ2) is 6.59. The average molecular weight is 351 g/mol. The number of amides is 2. The molecule has 26 heavy (non-hydrogen) atoms. The summed E-state index contributed by atoms with van der Waals surface area (Å²) in [6.07, 6.45) is 0. The van der Waals surface area contributed by atoms with Crippen molar-refractivity contribution in [3.05, 3.63) is 53.0 Å². The van der Waals surface area contributed by atoms with E-state index in [1.54, 1.807) is 39.7 Å². The zero-order chi connectivity index (χ0) is 19.0. The van der Waals surface area contributed by atoms with E-state index in [-0.39, 0.29) is 17.5 Å². The minimum absolute atomic E-state index is 0.217. The molecule has 0 atom stereocenters. The molecule has 2 heterocycles. The molecule has 0 spiro atoms. The Morgan fingerprint density at radius 1 is 1.15 bits per heavy atom. The van der Waals surface area contributed by atoms with Gasteiger partial charge in [0.2, 0.25) is 0 Å². The number of benzene rings is 1. The summed E-state index contributed by atoms with van der Waals surface area (Å²) in [5.74, 6) is -0.581. The molecule has 2 amide bonds. The molecule has 0 saturated carbocycles. The highest BCUT2D eigenvalue weighted by molar-refractivity contribution is 6.10. The molecule has 1 aromatic carbocycles. The Morgan fingerprint density at radius 3 is 2.54 bits per heavy atom. The van der Waals surface area contributed by atoms with Crippen molar-refractivity contribution in [3.63, 3.8) is 0 Å². The molecule has 0 radical (unpaired) electrons. The number of carbonyl (C=O) groups excluding carboxylic acids is 2. The molecule has 3 rings (SSSR count). The number of nitrogens with one attached hydrogen (secondary N) is 1. The predicted octanol–water partition coefficient (Wildman–Crippen LogP) is 2.54. The Balaban J connectivity index is 2.01. The molecular formula is C19H21N5O2. The maximum Gasteiger partial charge on any atom is 0.276 e. The standard InChI is InChI=1S/C19H21N5O2/c1-11-14(10-13-8-6-7-9-15(13)20-11)18(25)21-16-12(2)24(5)22-17(16)19(26)23(3)4/h6-10H,1-5H3,(H,21,25). The van der Waals surface area contributed by atoms with Crippen molar-refractivity contribution < 1.29 is 9.59 Å². The van der Waals surface area contributed by atoms with Crippen LogP contribution in [0.25, 0.3) is 10.9 Å². The summed E-state index contributed by atoms with van der Waals surface area (Å²) >= 11 is 0. The number of hydrogen-bond donors (Lipinski definition) is 1. The monoisotopic (exact) mass is 351 g/mol. The number of aromatic nitrogens is 3. The first kappa shape index (κ1) is 17.6. The molecule has 0 fully saturated rings. The number of carbonyl (C=O) groups is 2. The maximum atomic E-state index is 12.9. The first-order chi connectivity index (χ1) is 12.3. The summed E-state index contributed by atoms with van der Waals surface area (Å²) in [7, 11) is 5.03. The SMILES string of the molecule is Cc1nc2ccccc2cc1C(=O)Nc1c(C(=O)N(C)C)nn(C)c1C. The molecule has 2 aromatic heterocycles. The molecule has 0 aliphatic heterocycles. The van der Waals surface area contributed by atoms with Gasteiger partial charge < -0.3 is 10.2 Å². The van der Waals surface area contributed by atoms with E-state index in [1.165, 1.54) is 4.90 Å². The van der Waals surface area contributed by atoms with Gasteiger partial charge in [-0.15, -0.1) is 0 Å². The summed E-state index contributed by atoms with van der Waals surface area (Å²) in [5, 5.41) is 7.98. The zero-order valence-electron chi connectivity index (χ0n) is 15.5. The van der Waals surface area contributed by atoms with E-state index in [1.807, 2.05) is 30.3 Å². The number of anilines is 1. The molecule has 0 bridgehead atoms. The molecule has 134 valence electrons. The highest BCUT2D eigenvalue weighted by Crippen LogP contribution is 2.23. The number of nitrogens with zero attached hydrogens (tertiary/aromatic N) is 4. The van der Waals surface area contributed by atoms with E-state index in [4.69, 9.17) is 0 Å². The van der Waals surface area contributed by atoms with Crippen LogP contribution in [0.4, 0.5) is 5.69 Å². The quantitative estimate of drug-likeness (QED) is 0.786. The van der Waals surface area contributed by atoms with Gasteiger partial charge in [-0.25, -0.2) is 0 Å². The lowest BCUT2D eigenvalue weighted by atomic mass is 10.1. The number of hydrogen-bond acceptors (Lipinski definition) is 4. The minimum atomic E-state index is -0.315. The molecular weight excluding hydrogens is 330 g/mol. The van der Waals surface area contributed by atoms with Gasteiger partial charge in [0.05, 0.1) is 28.2 Å². The van der Waals surface area contributed by atoms with Crippen molar-refractivity contribution in [2.75, 3.05) is 19.4 Å². The molecule has 1 N–H and O–H groups in total. The van der Waals surface area contributed by atoms with Gasteiger partial charge in [-0.1, -0.05) is 18.2 Å². The smallest absolute Gasteiger partial charge is 0.276 e. The number of fused-ring (bicyclic) bond motifs is 1. The number of rotatable bonds is 3. The zero-order valence-corrected chi connectivity index (χ0v) is 15.5. The average Bonchev–Trinajstić information content (AvgIpc) is 2.88. The van der Waals surface area contributed by atoms with Gasteiger partial charge in [0.15, 0.2) is 5.69 Å². The van der Waals surface area contributed by atoms with E-state index >= 15 is 0 Å². The summed E-state index contributed by atoms with van der Waals surface area (Å²) in [6, 6.07) is 9.44. The van der Waals surface area contributed by atoms with Crippen LogP contribution in [0.2, 0.25) is 0 Å². The van der Waals surface area contributed by atoms with Crippen molar-refractivity contribution in [1.29, 1.82) is 0 Å². The molecule has 0 aliphatic rings. The second-order valence-corrected chi connectivity index (χ2v) is 6.40.